The van der Waals surface area contributed by atoms with E-state index in [1.165, 1.54) is 0 Å². The molecule has 1 aromatic heterocycles. The maximum atomic E-state index is 13.2. The summed E-state index contributed by atoms with van der Waals surface area (Å²) in [7, 11) is 2.02. The van der Waals surface area contributed by atoms with Crippen LogP contribution in [0.25, 0.3) is 11.0 Å². The van der Waals surface area contributed by atoms with Crippen molar-refractivity contribution >= 4 is 28.5 Å². The molecule has 3 heterocycles. The second-order valence-corrected chi connectivity index (χ2v) is 9.50. The molecule has 0 radical (unpaired) electrons. The predicted octanol–water partition coefficient (Wildman–Crippen LogP) is 4.23. The van der Waals surface area contributed by atoms with Gasteiger partial charge in [-0.05, 0) is 42.7 Å². The quantitative estimate of drug-likeness (QED) is 0.636. The third kappa shape index (κ3) is 3.80. The molecular formula is C26H30N4O3. The highest BCUT2D eigenvalue weighted by Gasteiger charge is 2.46. The van der Waals surface area contributed by atoms with Gasteiger partial charge in [-0.1, -0.05) is 32.0 Å². The molecular weight excluding hydrogens is 416 g/mol. The van der Waals surface area contributed by atoms with Gasteiger partial charge in [-0.2, -0.15) is 0 Å². The summed E-state index contributed by atoms with van der Waals surface area (Å²) in [6, 6.07) is 13.5. The molecule has 2 aromatic carbocycles. The smallest absolute Gasteiger partial charge is 0.254 e. The monoisotopic (exact) mass is 446 g/mol. The number of amides is 2. The molecule has 7 heteroatoms. The lowest BCUT2D eigenvalue weighted by molar-refractivity contribution is -0.120. The van der Waals surface area contributed by atoms with E-state index in [0.717, 1.165) is 33.7 Å². The van der Waals surface area contributed by atoms with E-state index in [1.54, 1.807) is 0 Å². The number of nitrogens with zero attached hydrogens (tertiary/aromatic N) is 3. The minimum Gasteiger partial charge on any atom is -0.381 e. The van der Waals surface area contributed by atoms with E-state index in [4.69, 9.17) is 9.72 Å². The van der Waals surface area contributed by atoms with Gasteiger partial charge in [-0.3, -0.25) is 9.59 Å². The molecule has 0 saturated carbocycles. The predicted molar refractivity (Wildman–Crippen MR) is 127 cm³/mol. The van der Waals surface area contributed by atoms with Crippen LogP contribution in [0.15, 0.2) is 42.5 Å². The Balaban J connectivity index is 1.37. The van der Waals surface area contributed by atoms with Gasteiger partial charge >= 0.3 is 0 Å². The number of rotatable bonds is 5. The normalized spacial score (nSPS) is 17.6. The van der Waals surface area contributed by atoms with Gasteiger partial charge in [0.25, 0.3) is 5.91 Å². The molecule has 1 saturated heterocycles. The van der Waals surface area contributed by atoms with Crippen LogP contribution in [-0.2, 0) is 23.1 Å². The fourth-order valence-electron chi connectivity index (χ4n) is 5.25. The highest BCUT2D eigenvalue weighted by atomic mass is 16.5. The second kappa shape index (κ2) is 8.30. The Hall–Kier alpha value is -3.19. The molecule has 0 spiro atoms. The van der Waals surface area contributed by atoms with Crippen LogP contribution < -0.4 is 5.32 Å². The highest BCUT2D eigenvalue weighted by Crippen LogP contribution is 2.38. The van der Waals surface area contributed by atoms with E-state index in [-0.39, 0.29) is 18.2 Å². The molecule has 5 rings (SSSR count). The first-order chi connectivity index (χ1) is 15.9. The van der Waals surface area contributed by atoms with Crippen molar-refractivity contribution in [3.63, 3.8) is 0 Å². The molecule has 172 valence electrons. The first kappa shape index (κ1) is 21.6. The summed E-state index contributed by atoms with van der Waals surface area (Å²) in [5.74, 6) is 1.24. The Morgan fingerprint density at radius 3 is 2.67 bits per heavy atom. The number of imidazole rings is 1. The zero-order valence-electron chi connectivity index (χ0n) is 19.4. The van der Waals surface area contributed by atoms with Crippen LogP contribution >= 0.6 is 0 Å². The number of hydrogen-bond donors (Lipinski definition) is 1. The van der Waals surface area contributed by atoms with Gasteiger partial charge in [0.1, 0.15) is 5.82 Å². The summed E-state index contributed by atoms with van der Waals surface area (Å²) < 4.78 is 7.69. The number of anilines is 1. The summed E-state index contributed by atoms with van der Waals surface area (Å²) in [6.45, 7) is 5.88. The number of aryl methyl sites for hydroxylation is 1. The Kier molecular flexibility index (Phi) is 5.44. The molecule has 0 unspecified atom stereocenters. The molecule has 0 aliphatic carbocycles. The maximum absolute atomic E-state index is 13.2. The van der Waals surface area contributed by atoms with Crippen molar-refractivity contribution in [2.75, 3.05) is 18.5 Å². The van der Waals surface area contributed by atoms with E-state index in [9.17, 15) is 9.59 Å². The standard InChI is InChI=1S/C26H30N4O3/c1-17(2)24-28-21-14-19(8-9-22(21)29(24)3)27-23(31)15-26(10-12-33-13-11-26)30-16-18-6-4-5-7-20(18)25(30)32/h4-9,14,17H,10-13,15-16H2,1-3H3,(H,27,31). The van der Waals surface area contributed by atoms with Crippen LogP contribution in [0, 0.1) is 0 Å². The number of benzene rings is 2. The average molecular weight is 447 g/mol. The van der Waals surface area contributed by atoms with Gasteiger partial charge in [0.05, 0.1) is 23.0 Å². The van der Waals surface area contributed by atoms with Gasteiger partial charge in [0, 0.05) is 44.0 Å². The lowest BCUT2D eigenvalue weighted by Gasteiger charge is -2.44. The third-order valence-corrected chi connectivity index (χ3v) is 7.02. The van der Waals surface area contributed by atoms with E-state index >= 15 is 0 Å². The molecule has 33 heavy (non-hydrogen) atoms. The SMILES string of the molecule is CC(C)c1nc2cc(NC(=O)CC3(N4Cc5ccccc5C4=O)CCOCC3)ccc2n1C. The zero-order chi connectivity index (χ0) is 23.2. The lowest BCUT2D eigenvalue weighted by atomic mass is 9.84. The number of aromatic nitrogens is 2. The van der Waals surface area contributed by atoms with Crippen molar-refractivity contribution < 1.29 is 14.3 Å². The molecule has 2 aliphatic heterocycles. The van der Waals surface area contributed by atoms with Gasteiger partial charge in [0.15, 0.2) is 0 Å². The Labute approximate surface area is 193 Å². The Bertz CT molecular complexity index is 1220. The first-order valence-electron chi connectivity index (χ1n) is 11.6. The lowest BCUT2D eigenvalue weighted by Crippen LogP contribution is -2.54. The number of ether oxygens (including phenoxy) is 1. The molecule has 1 fully saturated rings. The molecule has 7 nitrogen and oxygen atoms in total. The van der Waals surface area contributed by atoms with E-state index in [2.05, 4.69) is 23.7 Å². The molecule has 1 N–H and O–H groups in total. The van der Waals surface area contributed by atoms with Crippen LogP contribution in [0.4, 0.5) is 5.69 Å². The van der Waals surface area contributed by atoms with Crippen molar-refractivity contribution in [2.45, 2.75) is 51.1 Å². The third-order valence-electron chi connectivity index (χ3n) is 7.02. The molecule has 2 aliphatic rings. The number of fused-ring (bicyclic) bond motifs is 2. The minimum absolute atomic E-state index is 0.0106. The van der Waals surface area contributed by atoms with Crippen molar-refractivity contribution in [1.82, 2.24) is 14.5 Å². The maximum Gasteiger partial charge on any atom is 0.254 e. The van der Waals surface area contributed by atoms with Crippen LogP contribution in [0.3, 0.4) is 0 Å². The summed E-state index contributed by atoms with van der Waals surface area (Å²) in [5.41, 5.74) is 3.85. The summed E-state index contributed by atoms with van der Waals surface area (Å²) >= 11 is 0. The van der Waals surface area contributed by atoms with Crippen molar-refractivity contribution in [2.24, 2.45) is 7.05 Å². The van der Waals surface area contributed by atoms with Crippen molar-refractivity contribution in [3.05, 3.63) is 59.4 Å². The fourth-order valence-corrected chi connectivity index (χ4v) is 5.25. The number of carbonyl (C=O) groups is 2. The largest absolute Gasteiger partial charge is 0.381 e. The van der Waals surface area contributed by atoms with E-state index in [1.807, 2.05) is 54.4 Å². The summed E-state index contributed by atoms with van der Waals surface area (Å²) in [6.07, 6.45) is 1.54. The Morgan fingerprint density at radius 2 is 1.94 bits per heavy atom. The average Bonchev–Trinajstić information content (AvgIpc) is 3.32. The van der Waals surface area contributed by atoms with Crippen molar-refractivity contribution in [1.29, 1.82) is 0 Å². The molecule has 0 bridgehead atoms. The Morgan fingerprint density at radius 1 is 1.18 bits per heavy atom. The van der Waals surface area contributed by atoms with Gasteiger partial charge in [-0.15, -0.1) is 0 Å². The summed E-state index contributed by atoms with van der Waals surface area (Å²) in [4.78, 5) is 33.1. The number of hydrogen-bond acceptors (Lipinski definition) is 4. The van der Waals surface area contributed by atoms with Crippen molar-refractivity contribution in [3.8, 4) is 0 Å². The van der Waals surface area contributed by atoms with Gasteiger partial charge < -0.3 is 19.5 Å². The minimum atomic E-state index is -0.543. The van der Waals surface area contributed by atoms with E-state index in [0.29, 0.717) is 38.5 Å². The topological polar surface area (TPSA) is 76.5 Å². The summed E-state index contributed by atoms with van der Waals surface area (Å²) in [5, 5.41) is 3.06. The van der Waals surface area contributed by atoms with Crippen LogP contribution in [0.1, 0.15) is 60.8 Å². The van der Waals surface area contributed by atoms with Gasteiger partial charge in [0.2, 0.25) is 5.91 Å². The highest BCUT2D eigenvalue weighted by molar-refractivity contribution is 6.00. The first-order valence-corrected chi connectivity index (χ1v) is 11.6. The van der Waals surface area contributed by atoms with Crippen LogP contribution in [0.5, 0.6) is 0 Å². The molecule has 2 amide bonds. The van der Waals surface area contributed by atoms with Gasteiger partial charge in [-0.25, -0.2) is 4.98 Å². The number of carbonyl (C=O) groups excluding carboxylic acids is 2. The zero-order valence-corrected chi connectivity index (χ0v) is 19.4. The molecule has 0 atom stereocenters. The number of nitrogens with one attached hydrogen (secondary N) is 1. The van der Waals surface area contributed by atoms with E-state index < -0.39 is 5.54 Å². The second-order valence-electron chi connectivity index (χ2n) is 9.50. The van der Waals surface area contributed by atoms with Crippen LogP contribution in [-0.4, -0.2) is 45.0 Å². The molecule has 3 aromatic rings. The van der Waals surface area contributed by atoms with Crippen LogP contribution in [0.2, 0.25) is 0 Å². The fraction of sp³-hybridized carbons (Fsp3) is 0.423.